The molecule has 0 aliphatic carbocycles. The zero-order chi connectivity index (χ0) is 12.1. The molecule has 0 aliphatic heterocycles. The van der Waals surface area contributed by atoms with Gasteiger partial charge in [-0.05, 0) is 14.0 Å². The molecular formula is C10H13N3O2S. The molecule has 0 bridgehead atoms. The first-order valence-electron chi connectivity index (χ1n) is 4.79. The van der Waals surface area contributed by atoms with Crippen LogP contribution in [0, 0.1) is 11.3 Å². The van der Waals surface area contributed by atoms with Gasteiger partial charge in [0.1, 0.15) is 0 Å². The second kappa shape index (κ2) is 5.58. The smallest absolute Gasteiger partial charge is 0.365 e. The van der Waals surface area contributed by atoms with Crippen molar-refractivity contribution in [3.63, 3.8) is 0 Å². The van der Waals surface area contributed by atoms with Gasteiger partial charge in [0.15, 0.2) is 0 Å². The number of nitriles is 1. The second-order valence-electron chi connectivity index (χ2n) is 3.58. The molecule has 1 aromatic rings. The number of carbonyl (C=O) groups is 1. The number of aromatic nitrogens is 1. The summed E-state index contributed by atoms with van der Waals surface area (Å²) in [5.74, 6) is -0.996. The molecular weight excluding hydrogens is 226 g/mol. The van der Waals surface area contributed by atoms with Crippen LogP contribution in [0.5, 0.6) is 0 Å². The van der Waals surface area contributed by atoms with E-state index in [4.69, 9.17) is 10.4 Å². The van der Waals surface area contributed by atoms with E-state index in [1.54, 1.807) is 5.38 Å². The van der Waals surface area contributed by atoms with Crippen LogP contribution in [0.15, 0.2) is 5.38 Å². The lowest BCUT2D eigenvalue weighted by Crippen LogP contribution is -2.28. The van der Waals surface area contributed by atoms with Crippen LogP contribution in [-0.2, 0) is 6.54 Å². The van der Waals surface area contributed by atoms with Gasteiger partial charge in [-0.15, -0.1) is 11.3 Å². The first-order valence-corrected chi connectivity index (χ1v) is 5.67. The molecule has 1 N–H and O–H groups in total. The van der Waals surface area contributed by atoms with Crippen LogP contribution < -0.4 is 0 Å². The minimum absolute atomic E-state index is 0.108. The van der Waals surface area contributed by atoms with Crippen molar-refractivity contribution in [2.75, 3.05) is 7.05 Å². The van der Waals surface area contributed by atoms with Crippen LogP contribution in [0.4, 0.5) is 0 Å². The summed E-state index contributed by atoms with van der Waals surface area (Å²) in [6.45, 7) is 2.51. The Morgan fingerprint density at radius 3 is 3.00 bits per heavy atom. The lowest BCUT2D eigenvalue weighted by atomic mass is 10.2. The number of aromatic carboxylic acids is 1. The van der Waals surface area contributed by atoms with Crippen molar-refractivity contribution in [1.29, 1.82) is 5.26 Å². The predicted molar refractivity (Wildman–Crippen MR) is 60.2 cm³/mol. The van der Waals surface area contributed by atoms with E-state index in [-0.39, 0.29) is 11.0 Å². The zero-order valence-electron chi connectivity index (χ0n) is 9.17. The van der Waals surface area contributed by atoms with E-state index in [1.165, 1.54) is 0 Å². The molecule has 1 unspecified atom stereocenters. The summed E-state index contributed by atoms with van der Waals surface area (Å²) in [5.41, 5.74) is 0.731. The minimum atomic E-state index is -0.996. The highest BCUT2D eigenvalue weighted by Gasteiger charge is 2.13. The molecule has 0 aliphatic rings. The number of rotatable bonds is 5. The summed E-state index contributed by atoms with van der Waals surface area (Å²) < 4.78 is 0. The standard InChI is InChI=1S/C10H13N3O2S/c1-7(3-4-11)13(2)5-8-6-16-9(12-8)10(14)15/h6-7H,3,5H2,1-2H3,(H,14,15). The van der Waals surface area contributed by atoms with E-state index < -0.39 is 5.97 Å². The molecule has 5 nitrogen and oxygen atoms in total. The fraction of sp³-hybridized carbons (Fsp3) is 0.500. The normalized spacial score (nSPS) is 12.4. The number of hydrogen-bond acceptors (Lipinski definition) is 5. The molecule has 0 fully saturated rings. The maximum absolute atomic E-state index is 10.6. The monoisotopic (exact) mass is 239 g/mol. The van der Waals surface area contributed by atoms with Gasteiger partial charge in [0.25, 0.3) is 0 Å². The summed E-state index contributed by atoms with van der Waals surface area (Å²) >= 11 is 1.12. The maximum atomic E-state index is 10.6. The third-order valence-electron chi connectivity index (χ3n) is 2.29. The number of thiazole rings is 1. The first kappa shape index (κ1) is 12.6. The maximum Gasteiger partial charge on any atom is 0.365 e. The molecule has 0 amide bonds. The van der Waals surface area contributed by atoms with Crippen molar-refractivity contribution in [3.05, 3.63) is 16.1 Å². The van der Waals surface area contributed by atoms with Gasteiger partial charge in [0.2, 0.25) is 5.01 Å². The van der Waals surface area contributed by atoms with E-state index in [9.17, 15) is 4.79 Å². The molecule has 1 atom stereocenters. The summed E-state index contributed by atoms with van der Waals surface area (Å²) in [5, 5.41) is 19.1. The summed E-state index contributed by atoms with van der Waals surface area (Å²) in [6.07, 6.45) is 0.451. The molecule has 0 aromatic carbocycles. The van der Waals surface area contributed by atoms with Gasteiger partial charge in [-0.25, -0.2) is 9.78 Å². The third-order valence-corrected chi connectivity index (χ3v) is 3.16. The van der Waals surface area contributed by atoms with E-state index in [0.717, 1.165) is 17.0 Å². The fourth-order valence-electron chi connectivity index (χ4n) is 1.18. The Hall–Kier alpha value is -1.45. The van der Waals surface area contributed by atoms with Crippen LogP contribution >= 0.6 is 11.3 Å². The molecule has 16 heavy (non-hydrogen) atoms. The van der Waals surface area contributed by atoms with Crippen molar-refractivity contribution in [3.8, 4) is 6.07 Å². The Balaban J connectivity index is 2.59. The van der Waals surface area contributed by atoms with Crippen LogP contribution in [0.25, 0.3) is 0 Å². The summed E-state index contributed by atoms with van der Waals surface area (Å²) in [4.78, 5) is 16.6. The highest BCUT2D eigenvalue weighted by Crippen LogP contribution is 2.13. The van der Waals surface area contributed by atoms with Gasteiger partial charge in [0, 0.05) is 18.0 Å². The van der Waals surface area contributed by atoms with Crippen molar-refractivity contribution in [2.45, 2.75) is 25.9 Å². The van der Waals surface area contributed by atoms with E-state index in [1.807, 2.05) is 18.9 Å². The minimum Gasteiger partial charge on any atom is -0.476 e. The van der Waals surface area contributed by atoms with Gasteiger partial charge >= 0.3 is 5.97 Å². The van der Waals surface area contributed by atoms with Crippen LogP contribution in [0.3, 0.4) is 0 Å². The van der Waals surface area contributed by atoms with Crippen molar-refractivity contribution < 1.29 is 9.90 Å². The van der Waals surface area contributed by atoms with Gasteiger partial charge in [-0.2, -0.15) is 5.26 Å². The molecule has 86 valence electrons. The number of carboxylic acid groups (broad SMARTS) is 1. The molecule has 1 rings (SSSR count). The number of nitrogens with zero attached hydrogens (tertiary/aromatic N) is 3. The number of carboxylic acids is 1. The molecule has 0 saturated carbocycles. The van der Waals surface area contributed by atoms with Gasteiger partial charge in [0.05, 0.1) is 18.2 Å². The SMILES string of the molecule is CC(CC#N)N(C)Cc1csc(C(=O)O)n1. The van der Waals surface area contributed by atoms with E-state index in [0.29, 0.717) is 13.0 Å². The molecule has 0 spiro atoms. The Bertz CT molecular complexity index is 410. The molecule has 1 aromatic heterocycles. The van der Waals surface area contributed by atoms with Crippen molar-refractivity contribution >= 4 is 17.3 Å². The van der Waals surface area contributed by atoms with Gasteiger partial charge in [-0.1, -0.05) is 0 Å². The Morgan fingerprint density at radius 1 is 1.81 bits per heavy atom. The first-order chi connectivity index (χ1) is 7.54. The molecule has 1 heterocycles. The van der Waals surface area contributed by atoms with Crippen LogP contribution in [0.1, 0.15) is 28.8 Å². The lowest BCUT2D eigenvalue weighted by Gasteiger charge is -2.21. The quantitative estimate of drug-likeness (QED) is 0.844. The van der Waals surface area contributed by atoms with Gasteiger partial charge < -0.3 is 5.11 Å². The average Bonchev–Trinajstić information content (AvgIpc) is 2.66. The Morgan fingerprint density at radius 2 is 2.50 bits per heavy atom. The van der Waals surface area contributed by atoms with E-state index in [2.05, 4.69) is 11.1 Å². The molecule has 0 saturated heterocycles. The summed E-state index contributed by atoms with van der Waals surface area (Å²) in [6, 6.07) is 2.24. The van der Waals surface area contributed by atoms with Crippen LogP contribution in [-0.4, -0.2) is 34.0 Å². The summed E-state index contributed by atoms with van der Waals surface area (Å²) in [7, 11) is 1.89. The highest BCUT2D eigenvalue weighted by atomic mass is 32.1. The third kappa shape index (κ3) is 3.29. The lowest BCUT2D eigenvalue weighted by molar-refractivity contribution is 0.0696. The molecule has 6 heteroatoms. The fourth-order valence-corrected chi connectivity index (χ4v) is 1.82. The Labute approximate surface area is 98.0 Å². The number of hydrogen-bond donors (Lipinski definition) is 1. The average molecular weight is 239 g/mol. The molecule has 0 radical (unpaired) electrons. The van der Waals surface area contributed by atoms with Gasteiger partial charge in [-0.3, -0.25) is 4.90 Å². The highest BCUT2D eigenvalue weighted by molar-refractivity contribution is 7.11. The van der Waals surface area contributed by atoms with Crippen LogP contribution in [0.2, 0.25) is 0 Å². The zero-order valence-corrected chi connectivity index (χ0v) is 9.99. The topological polar surface area (TPSA) is 77.2 Å². The van der Waals surface area contributed by atoms with E-state index >= 15 is 0 Å². The second-order valence-corrected chi connectivity index (χ2v) is 4.43. The van der Waals surface area contributed by atoms with Crippen molar-refractivity contribution in [2.24, 2.45) is 0 Å². The van der Waals surface area contributed by atoms with Crippen molar-refractivity contribution in [1.82, 2.24) is 9.88 Å². The largest absolute Gasteiger partial charge is 0.476 e. The predicted octanol–water partition coefficient (Wildman–Crippen LogP) is 1.58. The Kier molecular flexibility index (Phi) is 4.40.